The zero-order valence-corrected chi connectivity index (χ0v) is 10.6. The SMILES string of the molecule is O=C(O)CSc1nccn1CCc1nccs1. The van der Waals surface area contributed by atoms with Crippen LogP contribution in [-0.4, -0.2) is 31.4 Å². The fraction of sp³-hybridized carbons (Fsp3) is 0.300. The van der Waals surface area contributed by atoms with Gasteiger partial charge in [0.1, 0.15) is 0 Å². The summed E-state index contributed by atoms with van der Waals surface area (Å²) in [5, 5.41) is 12.4. The maximum absolute atomic E-state index is 10.5. The molecule has 7 heteroatoms. The van der Waals surface area contributed by atoms with Gasteiger partial charge in [-0.2, -0.15) is 0 Å². The molecule has 2 aromatic rings. The van der Waals surface area contributed by atoms with Gasteiger partial charge >= 0.3 is 5.97 Å². The third-order valence-electron chi connectivity index (χ3n) is 2.05. The highest BCUT2D eigenvalue weighted by atomic mass is 32.2. The zero-order chi connectivity index (χ0) is 12.1. The largest absolute Gasteiger partial charge is 0.481 e. The average molecular weight is 269 g/mol. The average Bonchev–Trinajstić information content (AvgIpc) is 2.95. The van der Waals surface area contributed by atoms with E-state index in [2.05, 4.69) is 9.97 Å². The third-order valence-corrected chi connectivity index (χ3v) is 3.88. The van der Waals surface area contributed by atoms with E-state index in [1.807, 2.05) is 16.1 Å². The number of rotatable bonds is 6. The van der Waals surface area contributed by atoms with E-state index in [0.29, 0.717) is 0 Å². The van der Waals surface area contributed by atoms with Crippen LogP contribution in [0.1, 0.15) is 5.01 Å². The molecule has 0 radical (unpaired) electrons. The highest BCUT2D eigenvalue weighted by Crippen LogP contribution is 2.16. The van der Waals surface area contributed by atoms with Gasteiger partial charge in [0.2, 0.25) is 0 Å². The van der Waals surface area contributed by atoms with E-state index in [9.17, 15) is 4.79 Å². The van der Waals surface area contributed by atoms with Gasteiger partial charge in [0.15, 0.2) is 5.16 Å². The van der Waals surface area contributed by atoms with Crippen molar-refractivity contribution in [2.75, 3.05) is 5.75 Å². The summed E-state index contributed by atoms with van der Waals surface area (Å²) in [5.41, 5.74) is 0. The van der Waals surface area contributed by atoms with Crippen molar-refractivity contribution in [2.24, 2.45) is 0 Å². The number of carboxylic acid groups (broad SMARTS) is 1. The van der Waals surface area contributed by atoms with Gasteiger partial charge in [0.25, 0.3) is 0 Å². The van der Waals surface area contributed by atoms with Crippen molar-refractivity contribution in [2.45, 2.75) is 18.1 Å². The van der Waals surface area contributed by atoms with Gasteiger partial charge in [-0.1, -0.05) is 11.8 Å². The number of nitrogens with zero attached hydrogens (tertiary/aromatic N) is 3. The Bertz CT molecular complexity index is 481. The molecule has 17 heavy (non-hydrogen) atoms. The van der Waals surface area contributed by atoms with Gasteiger partial charge in [0.05, 0.1) is 10.8 Å². The van der Waals surface area contributed by atoms with Crippen LogP contribution >= 0.6 is 23.1 Å². The summed E-state index contributed by atoms with van der Waals surface area (Å²) < 4.78 is 1.95. The first-order valence-corrected chi connectivity index (χ1v) is 6.86. The molecule has 0 aliphatic rings. The Labute approximate surface area is 107 Å². The molecule has 0 spiro atoms. The number of carboxylic acids is 1. The summed E-state index contributed by atoms with van der Waals surface area (Å²) in [4.78, 5) is 18.8. The molecule has 0 bridgehead atoms. The molecule has 0 saturated carbocycles. The zero-order valence-electron chi connectivity index (χ0n) is 8.94. The van der Waals surface area contributed by atoms with Gasteiger partial charge in [-0.05, 0) is 0 Å². The molecule has 0 unspecified atom stereocenters. The van der Waals surface area contributed by atoms with Crippen LogP contribution in [0.25, 0.3) is 0 Å². The number of carbonyl (C=O) groups is 1. The van der Waals surface area contributed by atoms with E-state index in [1.165, 1.54) is 11.8 Å². The van der Waals surface area contributed by atoms with Gasteiger partial charge in [0, 0.05) is 36.9 Å². The smallest absolute Gasteiger partial charge is 0.313 e. The predicted molar refractivity (Wildman–Crippen MR) is 66.4 cm³/mol. The second-order valence-electron chi connectivity index (χ2n) is 3.26. The Hall–Kier alpha value is -1.34. The highest BCUT2D eigenvalue weighted by molar-refractivity contribution is 7.99. The van der Waals surface area contributed by atoms with Crippen LogP contribution in [0.4, 0.5) is 0 Å². The maximum Gasteiger partial charge on any atom is 0.313 e. The van der Waals surface area contributed by atoms with Crippen molar-refractivity contribution in [1.82, 2.24) is 14.5 Å². The van der Waals surface area contributed by atoms with E-state index < -0.39 is 5.97 Å². The monoisotopic (exact) mass is 269 g/mol. The lowest BCUT2D eigenvalue weighted by Crippen LogP contribution is -2.04. The first-order valence-electron chi connectivity index (χ1n) is 5.00. The van der Waals surface area contributed by atoms with Crippen molar-refractivity contribution in [1.29, 1.82) is 0 Å². The molecule has 1 N–H and O–H groups in total. The fourth-order valence-electron chi connectivity index (χ4n) is 1.32. The van der Waals surface area contributed by atoms with Crippen LogP contribution in [0.5, 0.6) is 0 Å². The number of aromatic nitrogens is 3. The molecule has 5 nitrogen and oxygen atoms in total. The lowest BCUT2D eigenvalue weighted by Gasteiger charge is -2.04. The highest BCUT2D eigenvalue weighted by Gasteiger charge is 2.06. The molecule has 90 valence electrons. The molecule has 2 aromatic heterocycles. The van der Waals surface area contributed by atoms with Crippen LogP contribution in [0.3, 0.4) is 0 Å². The number of aryl methyl sites for hydroxylation is 2. The maximum atomic E-state index is 10.5. The minimum atomic E-state index is -0.829. The molecule has 0 aliphatic heterocycles. The van der Waals surface area contributed by atoms with Crippen molar-refractivity contribution in [3.63, 3.8) is 0 Å². The number of imidazole rings is 1. The predicted octanol–water partition coefficient (Wildman–Crippen LogP) is 1.76. The summed E-state index contributed by atoms with van der Waals surface area (Å²) in [7, 11) is 0. The topological polar surface area (TPSA) is 68.0 Å². The summed E-state index contributed by atoms with van der Waals surface area (Å²) in [6, 6.07) is 0. The number of thioether (sulfide) groups is 1. The minimum absolute atomic E-state index is 0.0360. The lowest BCUT2D eigenvalue weighted by molar-refractivity contribution is -0.133. The molecule has 2 rings (SSSR count). The quantitative estimate of drug-likeness (QED) is 0.809. The van der Waals surface area contributed by atoms with Crippen LogP contribution < -0.4 is 0 Å². The second kappa shape index (κ2) is 5.83. The molecule has 0 aliphatic carbocycles. The van der Waals surface area contributed by atoms with Crippen molar-refractivity contribution in [3.05, 3.63) is 29.0 Å². The molecular formula is C10H11N3O2S2. The molecule has 0 atom stereocenters. The van der Waals surface area contributed by atoms with E-state index in [4.69, 9.17) is 5.11 Å². The van der Waals surface area contributed by atoms with E-state index in [0.717, 1.165) is 23.1 Å². The van der Waals surface area contributed by atoms with Crippen LogP contribution in [0, 0.1) is 0 Å². The molecular weight excluding hydrogens is 258 g/mol. The van der Waals surface area contributed by atoms with Crippen molar-refractivity contribution < 1.29 is 9.90 Å². The van der Waals surface area contributed by atoms with E-state index in [-0.39, 0.29) is 5.75 Å². The molecule has 0 fully saturated rings. The molecule has 0 amide bonds. The normalized spacial score (nSPS) is 10.6. The van der Waals surface area contributed by atoms with Gasteiger partial charge in [-0.25, -0.2) is 9.97 Å². The lowest BCUT2D eigenvalue weighted by atomic mass is 10.4. The van der Waals surface area contributed by atoms with Crippen molar-refractivity contribution in [3.8, 4) is 0 Å². The Kier molecular flexibility index (Phi) is 4.16. The Balaban J connectivity index is 1.92. The summed E-state index contributed by atoms with van der Waals surface area (Å²) in [5.74, 6) is -0.793. The number of thiazole rings is 1. The summed E-state index contributed by atoms with van der Waals surface area (Å²) in [6.45, 7) is 0.773. The number of hydrogen-bond donors (Lipinski definition) is 1. The van der Waals surface area contributed by atoms with E-state index >= 15 is 0 Å². The Morgan fingerprint density at radius 2 is 2.35 bits per heavy atom. The summed E-state index contributed by atoms with van der Waals surface area (Å²) in [6.07, 6.45) is 6.17. The van der Waals surface area contributed by atoms with Crippen LogP contribution in [0.2, 0.25) is 0 Å². The first-order chi connectivity index (χ1) is 8.25. The van der Waals surface area contributed by atoms with Crippen LogP contribution in [0.15, 0.2) is 29.1 Å². The molecule has 0 saturated heterocycles. The van der Waals surface area contributed by atoms with Crippen LogP contribution in [-0.2, 0) is 17.8 Å². The summed E-state index contributed by atoms with van der Waals surface area (Å²) >= 11 is 2.86. The first kappa shape index (κ1) is 12.1. The minimum Gasteiger partial charge on any atom is -0.481 e. The Morgan fingerprint density at radius 3 is 3.06 bits per heavy atom. The Morgan fingerprint density at radius 1 is 1.47 bits per heavy atom. The van der Waals surface area contributed by atoms with Gasteiger partial charge < -0.3 is 9.67 Å². The standard InChI is InChI=1S/C10H11N3O2S2/c14-9(15)7-17-10-12-2-5-13(10)4-1-8-11-3-6-16-8/h2-3,5-6H,1,4,7H2,(H,14,15). The second-order valence-corrected chi connectivity index (χ2v) is 5.18. The van der Waals surface area contributed by atoms with Gasteiger partial charge in [-0.15, -0.1) is 11.3 Å². The number of aliphatic carboxylic acids is 1. The number of hydrogen-bond acceptors (Lipinski definition) is 5. The third kappa shape index (κ3) is 3.57. The molecule has 2 heterocycles. The van der Waals surface area contributed by atoms with E-state index in [1.54, 1.807) is 23.7 Å². The fourth-order valence-corrected chi connectivity index (χ4v) is 2.64. The molecule has 0 aromatic carbocycles. The van der Waals surface area contributed by atoms with Crippen molar-refractivity contribution >= 4 is 29.1 Å². The van der Waals surface area contributed by atoms with Gasteiger partial charge in [-0.3, -0.25) is 4.79 Å².